The van der Waals surface area contributed by atoms with E-state index in [0.717, 1.165) is 39.1 Å². The van der Waals surface area contributed by atoms with Crippen LogP contribution in [0.4, 0.5) is 0 Å². The van der Waals surface area contributed by atoms with Crippen molar-refractivity contribution in [3.8, 4) is 5.75 Å². The molecule has 24 heavy (non-hydrogen) atoms. The van der Waals surface area contributed by atoms with E-state index in [1.807, 2.05) is 19.1 Å². The van der Waals surface area contributed by atoms with E-state index < -0.39 is 11.2 Å². The first-order valence-electron chi connectivity index (χ1n) is 7.35. The minimum atomic E-state index is -1.33. The van der Waals surface area contributed by atoms with Crippen LogP contribution in [0.1, 0.15) is 11.3 Å². The van der Waals surface area contributed by atoms with E-state index in [1.54, 1.807) is 25.7 Å². The molecular weight excluding hydrogens is 326 g/mol. The lowest BCUT2D eigenvalue weighted by Crippen LogP contribution is -2.10. The maximum atomic E-state index is 12.7. The summed E-state index contributed by atoms with van der Waals surface area (Å²) in [6, 6.07) is 5.58. The predicted octanol–water partition coefficient (Wildman–Crippen LogP) is 2.46. The molecule has 2 N–H and O–H groups in total. The summed E-state index contributed by atoms with van der Waals surface area (Å²) in [7, 11) is 1.61. The van der Waals surface area contributed by atoms with Gasteiger partial charge in [0.05, 0.1) is 41.2 Å². The number of nitrogens with zero attached hydrogens (tertiary/aromatic N) is 3. The molecule has 0 fully saturated rings. The van der Waals surface area contributed by atoms with E-state index in [9.17, 15) is 4.55 Å². The number of fused-ring (bicyclic) bond motifs is 2. The van der Waals surface area contributed by atoms with Gasteiger partial charge in [0, 0.05) is 22.9 Å². The molecule has 0 aliphatic carbocycles. The molecule has 0 aliphatic heterocycles. The molecule has 1 atom stereocenters. The minimum absolute atomic E-state index is 0.277. The summed E-state index contributed by atoms with van der Waals surface area (Å²) < 4.78 is 18.0. The van der Waals surface area contributed by atoms with Crippen LogP contribution in [0.3, 0.4) is 0 Å². The Bertz CT molecular complexity index is 978. The van der Waals surface area contributed by atoms with Gasteiger partial charge in [0.15, 0.2) is 5.75 Å². The van der Waals surface area contributed by atoms with Gasteiger partial charge in [-0.3, -0.25) is 9.97 Å². The molecule has 3 aromatic heterocycles. The normalized spacial score (nSPS) is 12.8. The number of pyridine rings is 1. The standard InChI is InChI=1S/C16H15N5O2S/c1-9-14(17-4-3-15(9)23-2)7-24(22)16-20-12-5-10-11(19-8-18-10)6-13(12)21-16/h3-6,8H,7H2,1-2H3,(H,18,19)(H,20,21). The largest absolute Gasteiger partial charge is 0.609 e. The molecule has 0 amide bonds. The van der Waals surface area contributed by atoms with Gasteiger partial charge in [-0.2, -0.15) is 4.98 Å². The molecule has 1 unspecified atom stereocenters. The lowest BCUT2D eigenvalue weighted by Gasteiger charge is -2.10. The maximum absolute atomic E-state index is 12.7. The van der Waals surface area contributed by atoms with Gasteiger partial charge in [-0.25, -0.2) is 4.98 Å². The van der Waals surface area contributed by atoms with Crippen molar-refractivity contribution < 1.29 is 9.29 Å². The Labute approximate surface area is 140 Å². The summed E-state index contributed by atoms with van der Waals surface area (Å²) in [6.45, 7) is 1.91. The first-order valence-corrected chi connectivity index (χ1v) is 8.67. The number of hydrogen-bond donors (Lipinski definition) is 2. The molecule has 0 bridgehead atoms. The number of benzene rings is 1. The van der Waals surface area contributed by atoms with Crippen LogP contribution in [0.2, 0.25) is 0 Å². The van der Waals surface area contributed by atoms with Crippen LogP contribution in [0.25, 0.3) is 22.1 Å². The van der Waals surface area contributed by atoms with Crippen molar-refractivity contribution >= 4 is 33.2 Å². The van der Waals surface area contributed by atoms with Crippen molar-refractivity contribution in [2.24, 2.45) is 0 Å². The lowest BCUT2D eigenvalue weighted by molar-refractivity contribution is 0.410. The van der Waals surface area contributed by atoms with Crippen LogP contribution in [-0.4, -0.2) is 36.6 Å². The summed E-state index contributed by atoms with van der Waals surface area (Å²) in [6.07, 6.45) is 3.30. The van der Waals surface area contributed by atoms with E-state index in [-0.39, 0.29) is 5.75 Å². The Morgan fingerprint density at radius 2 is 2.04 bits per heavy atom. The average molecular weight is 341 g/mol. The van der Waals surface area contributed by atoms with Gasteiger partial charge in [0.25, 0.3) is 0 Å². The zero-order valence-electron chi connectivity index (χ0n) is 13.2. The first kappa shape index (κ1) is 15.0. The van der Waals surface area contributed by atoms with Crippen molar-refractivity contribution in [1.29, 1.82) is 0 Å². The van der Waals surface area contributed by atoms with Gasteiger partial charge in [-0.15, -0.1) is 0 Å². The molecule has 0 aliphatic rings. The molecule has 4 rings (SSSR count). The van der Waals surface area contributed by atoms with Crippen LogP contribution in [0, 0.1) is 6.92 Å². The van der Waals surface area contributed by atoms with Crippen LogP contribution in [-0.2, 0) is 16.9 Å². The minimum Gasteiger partial charge on any atom is -0.609 e. The van der Waals surface area contributed by atoms with Crippen molar-refractivity contribution in [3.05, 3.63) is 42.0 Å². The second-order valence-corrected chi connectivity index (χ2v) is 6.77. The maximum Gasteiger partial charge on any atom is 0.322 e. The number of H-pyrrole nitrogens is 2. The molecule has 4 aromatic rings. The van der Waals surface area contributed by atoms with E-state index >= 15 is 0 Å². The first-order chi connectivity index (χ1) is 11.7. The molecule has 7 nitrogen and oxygen atoms in total. The SMILES string of the molecule is COc1ccnc(C[S+]([O-])c2nc3cc4[nH]cnc4cc3[nH]2)c1C. The predicted molar refractivity (Wildman–Crippen MR) is 91.4 cm³/mol. The number of imidazole rings is 2. The van der Waals surface area contributed by atoms with E-state index in [0.29, 0.717) is 5.16 Å². The number of methoxy groups -OCH3 is 1. The van der Waals surface area contributed by atoms with Crippen LogP contribution in [0.15, 0.2) is 35.9 Å². The van der Waals surface area contributed by atoms with Gasteiger partial charge in [0.1, 0.15) is 5.75 Å². The number of nitrogens with one attached hydrogen (secondary N) is 2. The lowest BCUT2D eigenvalue weighted by atomic mass is 10.2. The number of aromatic nitrogens is 5. The monoisotopic (exact) mass is 341 g/mol. The fourth-order valence-electron chi connectivity index (χ4n) is 2.64. The molecule has 122 valence electrons. The summed E-state index contributed by atoms with van der Waals surface area (Å²) in [5.41, 5.74) is 4.94. The van der Waals surface area contributed by atoms with Crippen molar-refractivity contribution in [2.75, 3.05) is 7.11 Å². The van der Waals surface area contributed by atoms with Gasteiger partial charge in [0.2, 0.25) is 0 Å². The Kier molecular flexibility index (Phi) is 3.62. The smallest absolute Gasteiger partial charge is 0.322 e. The number of rotatable bonds is 4. The Morgan fingerprint density at radius 1 is 1.21 bits per heavy atom. The Hall–Kier alpha value is -2.58. The summed E-state index contributed by atoms with van der Waals surface area (Å²) in [5, 5.41) is 0.432. The molecule has 8 heteroatoms. The highest BCUT2D eigenvalue weighted by atomic mass is 32.2. The molecule has 0 radical (unpaired) electrons. The molecule has 0 saturated heterocycles. The third-order valence-electron chi connectivity index (χ3n) is 3.96. The van der Waals surface area contributed by atoms with E-state index in [1.165, 1.54) is 0 Å². The molecule has 1 aromatic carbocycles. The highest BCUT2D eigenvalue weighted by Crippen LogP contribution is 2.24. The summed E-state index contributed by atoms with van der Waals surface area (Å²) >= 11 is -1.33. The van der Waals surface area contributed by atoms with Gasteiger partial charge in [-0.05, 0) is 25.1 Å². The fraction of sp³-hybridized carbons (Fsp3) is 0.188. The van der Waals surface area contributed by atoms with Crippen molar-refractivity contribution in [1.82, 2.24) is 24.9 Å². The Balaban J connectivity index is 1.66. The molecular formula is C16H15N5O2S. The number of ether oxygens (including phenoxy) is 1. The zero-order valence-corrected chi connectivity index (χ0v) is 14.0. The third-order valence-corrected chi connectivity index (χ3v) is 5.12. The summed E-state index contributed by atoms with van der Waals surface area (Å²) in [4.78, 5) is 19.1. The molecule has 0 saturated carbocycles. The van der Waals surface area contributed by atoms with E-state index in [2.05, 4.69) is 24.9 Å². The molecule has 3 heterocycles. The van der Waals surface area contributed by atoms with Crippen molar-refractivity contribution in [2.45, 2.75) is 17.8 Å². The second kappa shape index (κ2) is 5.81. The van der Waals surface area contributed by atoms with Gasteiger partial charge < -0.3 is 14.3 Å². The summed E-state index contributed by atoms with van der Waals surface area (Å²) in [5.74, 6) is 1.01. The van der Waals surface area contributed by atoms with Crippen LogP contribution in [0.5, 0.6) is 5.75 Å². The third kappa shape index (κ3) is 2.49. The van der Waals surface area contributed by atoms with Crippen LogP contribution >= 0.6 is 0 Å². The van der Waals surface area contributed by atoms with Gasteiger partial charge in [-0.1, -0.05) is 0 Å². The van der Waals surface area contributed by atoms with Crippen LogP contribution < -0.4 is 4.74 Å². The highest BCUT2D eigenvalue weighted by Gasteiger charge is 2.20. The second-order valence-electron chi connectivity index (χ2n) is 5.41. The average Bonchev–Trinajstić information content (AvgIpc) is 3.20. The number of aromatic amines is 2. The number of hydrogen-bond acceptors (Lipinski definition) is 5. The zero-order chi connectivity index (χ0) is 16.7. The molecule has 0 spiro atoms. The highest BCUT2D eigenvalue weighted by molar-refractivity contribution is 7.90. The Morgan fingerprint density at radius 3 is 2.88 bits per heavy atom. The quantitative estimate of drug-likeness (QED) is 0.555. The van der Waals surface area contributed by atoms with Gasteiger partial charge >= 0.3 is 5.16 Å². The van der Waals surface area contributed by atoms with Crippen molar-refractivity contribution in [3.63, 3.8) is 0 Å². The van der Waals surface area contributed by atoms with E-state index in [4.69, 9.17) is 4.74 Å². The topological polar surface area (TPSA) is 103 Å². The fourth-order valence-corrected chi connectivity index (χ4v) is 3.74.